The number of ether oxygens (including phenoxy) is 1. The van der Waals surface area contributed by atoms with Gasteiger partial charge in [-0.15, -0.1) is 0 Å². The molecule has 2 saturated carbocycles. The molecule has 2 aliphatic rings. The molecule has 0 heterocycles. The lowest BCUT2D eigenvalue weighted by atomic mass is 9.84. The van der Waals surface area contributed by atoms with Crippen molar-refractivity contribution >= 4 is 0 Å². The number of hydrogen-bond acceptors (Lipinski definition) is 1. The molecule has 0 amide bonds. The van der Waals surface area contributed by atoms with Gasteiger partial charge in [0.25, 0.3) is 0 Å². The molecule has 31 heavy (non-hydrogen) atoms. The highest BCUT2D eigenvalue weighted by atomic mass is 19.2. The lowest BCUT2D eigenvalue weighted by molar-refractivity contribution is 0.291. The summed E-state index contributed by atoms with van der Waals surface area (Å²) in [6.07, 6.45) is 13.6. The largest absolute Gasteiger partial charge is 0.494 e. The first-order chi connectivity index (χ1) is 15.1. The zero-order valence-corrected chi connectivity index (χ0v) is 19.0. The Morgan fingerprint density at radius 1 is 0.806 bits per heavy atom. The van der Waals surface area contributed by atoms with E-state index in [1.54, 1.807) is 6.07 Å². The number of methoxy groups -OCH3 is 1. The quantitative estimate of drug-likeness (QED) is 0.367. The Morgan fingerprint density at radius 2 is 1.48 bits per heavy atom. The van der Waals surface area contributed by atoms with E-state index in [1.807, 2.05) is 12.1 Å². The van der Waals surface area contributed by atoms with Crippen LogP contribution in [0.3, 0.4) is 0 Å². The zero-order chi connectivity index (χ0) is 21.8. The van der Waals surface area contributed by atoms with Crippen LogP contribution in [-0.2, 0) is 6.42 Å². The maximum absolute atomic E-state index is 14.4. The zero-order valence-electron chi connectivity index (χ0n) is 19.0. The fourth-order valence-electron chi connectivity index (χ4n) is 6.33. The predicted octanol–water partition coefficient (Wildman–Crippen LogP) is 8.21. The number of fused-ring (bicyclic) bond motifs is 1. The summed E-state index contributed by atoms with van der Waals surface area (Å²) in [5.41, 5.74) is 2.28. The van der Waals surface area contributed by atoms with Gasteiger partial charge in [-0.2, -0.15) is 4.39 Å². The standard InChI is InChI=1S/C28H36F2O/c1-3-4-5-6-20-13-15-24-21(14-16-23(20)24)10-7-19-8-11-22(12-9-19)25-17-18-26(31-2)28(30)27(25)29/h8-9,11-12,17-18,20-21,23-24H,3-7,10,13-16H2,1-2H3. The minimum Gasteiger partial charge on any atom is -0.494 e. The van der Waals surface area contributed by atoms with E-state index in [0.717, 1.165) is 30.1 Å². The van der Waals surface area contributed by atoms with Gasteiger partial charge in [0.2, 0.25) is 5.82 Å². The molecule has 0 N–H and O–H groups in total. The van der Waals surface area contributed by atoms with Crippen LogP contribution in [0.25, 0.3) is 11.1 Å². The molecule has 4 unspecified atom stereocenters. The Balaban J connectivity index is 1.33. The van der Waals surface area contributed by atoms with Gasteiger partial charge < -0.3 is 4.74 Å². The van der Waals surface area contributed by atoms with E-state index in [-0.39, 0.29) is 11.3 Å². The monoisotopic (exact) mass is 426 g/mol. The summed E-state index contributed by atoms with van der Waals surface area (Å²) in [5.74, 6) is 1.95. The van der Waals surface area contributed by atoms with E-state index in [1.165, 1.54) is 76.5 Å². The molecule has 2 aliphatic carbocycles. The minimum absolute atomic E-state index is 0.0627. The van der Waals surface area contributed by atoms with Crippen molar-refractivity contribution in [1.82, 2.24) is 0 Å². The molecule has 0 radical (unpaired) electrons. The highest BCUT2D eigenvalue weighted by molar-refractivity contribution is 5.65. The highest BCUT2D eigenvalue weighted by Crippen LogP contribution is 2.53. The first kappa shape index (κ1) is 22.3. The molecule has 4 atom stereocenters. The molecule has 0 spiro atoms. The maximum atomic E-state index is 14.4. The van der Waals surface area contributed by atoms with E-state index in [9.17, 15) is 8.78 Å². The number of halogens is 2. The molecular weight excluding hydrogens is 390 g/mol. The van der Waals surface area contributed by atoms with Crippen LogP contribution >= 0.6 is 0 Å². The Bertz CT molecular complexity index is 860. The van der Waals surface area contributed by atoms with E-state index in [4.69, 9.17) is 4.74 Å². The molecule has 2 aromatic rings. The molecule has 0 aliphatic heterocycles. The van der Waals surface area contributed by atoms with Gasteiger partial charge >= 0.3 is 0 Å². The lowest BCUT2D eigenvalue weighted by Gasteiger charge is -2.21. The van der Waals surface area contributed by atoms with Gasteiger partial charge in [0, 0.05) is 5.56 Å². The van der Waals surface area contributed by atoms with Crippen LogP contribution in [0.1, 0.15) is 70.3 Å². The third-order valence-corrected chi connectivity index (χ3v) is 8.02. The van der Waals surface area contributed by atoms with E-state index >= 15 is 0 Å². The van der Waals surface area contributed by atoms with Crippen molar-refractivity contribution in [1.29, 1.82) is 0 Å². The van der Waals surface area contributed by atoms with Gasteiger partial charge in [-0.25, -0.2) is 4.39 Å². The molecule has 168 valence electrons. The van der Waals surface area contributed by atoms with E-state index in [0.29, 0.717) is 5.56 Å². The van der Waals surface area contributed by atoms with Crippen molar-refractivity contribution < 1.29 is 13.5 Å². The van der Waals surface area contributed by atoms with Gasteiger partial charge in [0.05, 0.1) is 7.11 Å². The second-order valence-electron chi connectivity index (χ2n) is 9.68. The van der Waals surface area contributed by atoms with E-state index < -0.39 is 11.6 Å². The topological polar surface area (TPSA) is 9.23 Å². The smallest absolute Gasteiger partial charge is 0.201 e. The van der Waals surface area contributed by atoms with Crippen molar-refractivity contribution in [2.45, 2.75) is 71.1 Å². The van der Waals surface area contributed by atoms with Gasteiger partial charge in [0.1, 0.15) is 0 Å². The SMILES string of the molecule is CCCCCC1CCC2C(CCc3ccc(-c4ccc(OC)c(F)c4F)cc3)CCC12. The van der Waals surface area contributed by atoms with Crippen LogP contribution in [-0.4, -0.2) is 7.11 Å². The first-order valence-electron chi connectivity index (χ1n) is 12.2. The predicted molar refractivity (Wildman–Crippen MR) is 123 cm³/mol. The van der Waals surface area contributed by atoms with Gasteiger partial charge in [-0.1, -0.05) is 56.9 Å². The third-order valence-electron chi connectivity index (χ3n) is 8.02. The summed E-state index contributed by atoms with van der Waals surface area (Å²) >= 11 is 0. The molecule has 3 heteroatoms. The lowest BCUT2D eigenvalue weighted by Crippen LogP contribution is -2.13. The number of rotatable bonds is 9. The Hall–Kier alpha value is -1.90. The molecule has 4 rings (SSSR count). The average Bonchev–Trinajstić information content (AvgIpc) is 3.38. The molecule has 0 aromatic heterocycles. The summed E-state index contributed by atoms with van der Waals surface area (Å²) < 4.78 is 33.3. The van der Waals surface area contributed by atoms with Crippen LogP contribution < -0.4 is 4.74 Å². The van der Waals surface area contributed by atoms with Crippen molar-refractivity contribution in [3.05, 3.63) is 53.6 Å². The van der Waals surface area contributed by atoms with Gasteiger partial charge in [0.15, 0.2) is 11.6 Å². The van der Waals surface area contributed by atoms with Gasteiger partial charge in [-0.3, -0.25) is 0 Å². The summed E-state index contributed by atoms with van der Waals surface area (Å²) in [7, 11) is 1.34. The highest BCUT2D eigenvalue weighted by Gasteiger charge is 2.43. The molecule has 2 aromatic carbocycles. The molecule has 0 bridgehead atoms. The Morgan fingerprint density at radius 3 is 2.13 bits per heavy atom. The Labute approximate surface area is 186 Å². The number of aryl methyl sites for hydroxylation is 1. The van der Waals surface area contributed by atoms with Crippen LogP contribution in [0.5, 0.6) is 5.75 Å². The maximum Gasteiger partial charge on any atom is 0.201 e. The third kappa shape index (κ3) is 4.81. The first-order valence-corrected chi connectivity index (χ1v) is 12.2. The number of unbranched alkanes of at least 4 members (excludes halogenated alkanes) is 2. The second-order valence-corrected chi connectivity index (χ2v) is 9.68. The number of hydrogen-bond donors (Lipinski definition) is 0. The van der Waals surface area contributed by atoms with Crippen molar-refractivity contribution in [3.8, 4) is 16.9 Å². The summed E-state index contributed by atoms with van der Waals surface area (Å²) in [6.45, 7) is 2.29. The minimum atomic E-state index is -0.926. The number of benzene rings is 2. The summed E-state index contributed by atoms with van der Waals surface area (Å²) in [6, 6.07) is 11.0. The molecular formula is C28H36F2O. The summed E-state index contributed by atoms with van der Waals surface area (Å²) in [4.78, 5) is 0. The molecule has 0 saturated heterocycles. The average molecular weight is 427 g/mol. The van der Waals surface area contributed by atoms with Crippen LogP contribution in [0.4, 0.5) is 8.78 Å². The fourth-order valence-corrected chi connectivity index (χ4v) is 6.33. The van der Waals surface area contributed by atoms with Crippen LogP contribution in [0, 0.1) is 35.3 Å². The van der Waals surface area contributed by atoms with Gasteiger partial charge in [-0.05, 0) is 85.5 Å². The molecule has 1 nitrogen and oxygen atoms in total. The summed E-state index contributed by atoms with van der Waals surface area (Å²) in [5, 5.41) is 0. The van der Waals surface area contributed by atoms with Crippen LogP contribution in [0.2, 0.25) is 0 Å². The van der Waals surface area contributed by atoms with Crippen molar-refractivity contribution in [2.24, 2.45) is 23.7 Å². The van der Waals surface area contributed by atoms with Crippen LogP contribution in [0.15, 0.2) is 36.4 Å². The Kier molecular flexibility index (Phi) is 7.30. The normalized spacial score (nSPS) is 25.0. The van der Waals surface area contributed by atoms with E-state index in [2.05, 4.69) is 19.1 Å². The molecule has 2 fully saturated rings. The van der Waals surface area contributed by atoms with Crippen molar-refractivity contribution in [2.75, 3.05) is 7.11 Å². The second kappa shape index (κ2) is 10.1. The van der Waals surface area contributed by atoms with Crippen molar-refractivity contribution in [3.63, 3.8) is 0 Å². The fraction of sp³-hybridized carbons (Fsp3) is 0.571.